The topological polar surface area (TPSA) is 53.6 Å². The molecule has 0 aliphatic heterocycles. The number of nitrogens with zero attached hydrogens (tertiary/aromatic N) is 1. The molecule has 1 rings (SSSR count). The monoisotopic (exact) mass is 265 g/mol. The highest BCUT2D eigenvalue weighted by Crippen LogP contribution is 2.10. The second-order valence-electron chi connectivity index (χ2n) is 4.69. The minimum atomic E-state index is -0.203. The van der Waals surface area contributed by atoms with Crippen molar-refractivity contribution in [2.45, 2.75) is 13.3 Å². The number of rotatable bonds is 7. The van der Waals surface area contributed by atoms with Crippen LogP contribution in [0.15, 0.2) is 24.3 Å². The Kier molecular flexibility index (Phi) is 6.74. The van der Waals surface area contributed by atoms with Crippen molar-refractivity contribution >= 4 is 6.03 Å². The van der Waals surface area contributed by atoms with E-state index in [-0.39, 0.29) is 12.8 Å². The first-order chi connectivity index (χ1) is 9.08. The highest BCUT2D eigenvalue weighted by Gasteiger charge is 1.99. The van der Waals surface area contributed by atoms with Crippen LogP contribution in [0.4, 0.5) is 4.79 Å². The Labute approximate surface area is 114 Å². The summed E-state index contributed by atoms with van der Waals surface area (Å²) in [7, 11) is 4.02. The molecule has 2 N–H and O–H groups in total. The minimum absolute atomic E-state index is 0.169. The molecule has 0 saturated heterocycles. The maximum Gasteiger partial charge on any atom is 0.317 e. The van der Waals surface area contributed by atoms with Gasteiger partial charge in [-0.25, -0.2) is 4.79 Å². The Morgan fingerprint density at radius 2 is 1.89 bits per heavy atom. The van der Waals surface area contributed by atoms with Crippen molar-refractivity contribution < 1.29 is 9.53 Å². The number of urea groups is 1. The van der Waals surface area contributed by atoms with Crippen LogP contribution in [0.2, 0.25) is 0 Å². The van der Waals surface area contributed by atoms with E-state index in [9.17, 15) is 4.79 Å². The van der Waals surface area contributed by atoms with Gasteiger partial charge >= 0.3 is 6.03 Å². The first kappa shape index (κ1) is 15.3. The van der Waals surface area contributed by atoms with Crippen LogP contribution in [0.3, 0.4) is 0 Å². The number of ether oxygens (including phenoxy) is 1. The van der Waals surface area contributed by atoms with E-state index in [1.807, 2.05) is 45.3 Å². The van der Waals surface area contributed by atoms with Crippen LogP contribution in [-0.2, 0) is 0 Å². The van der Waals surface area contributed by atoms with Gasteiger partial charge in [0.2, 0.25) is 0 Å². The van der Waals surface area contributed by atoms with E-state index in [1.54, 1.807) is 0 Å². The van der Waals surface area contributed by atoms with Gasteiger partial charge < -0.3 is 20.3 Å². The molecule has 1 aromatic rings. The summed E-state index contributed by atoms with van der Waals surface area (Å²) in [5.74, 6) is 0.749. The molecule has 5 nitrogen and oxygen atoms in total. The average Bonchev–Trinajstić information content (AvgIpc) is 2.37. The molecule has 2 amide bonds. The fraction of sp³-hybridized carbons (Fsp3) is 0.500. The molecular weight excluding hydrogens is 242 g/mol. The zero-order chi connectivity index (χ0) is 14.1. The van der Waals surface area contributed by atoms with Gasteiger partial charge in [0, 0.05) is 6.54 Å². The Hall–Kier alpha value is -1.75. The Morgan fingerprint density at radius 3 is 2.53 bits per heavy atom. The fourth-order valence-electron chi connectivity index (χ4n) is 1.48. The second-order valence-corrected chi connectivity index (χ2v) is 4.69. The number of nitrogens with one attached hydrogen (secondary N) is 2. The number of carbonyl (C=O) groups is 1. The normalized spacial score (nSPS) is 10.3. The lowest BCUT2D eigenvalue weighted by molar-refractivity contribution is 0.223. The highest BCUT2D eigenvalue weighted by molar-refractivity contribution is 5.73. The third-order valence-electron chi connectivity index (χ3n) is 2.56. The summed E-state index contributed by atoms with van der Waals surface area (Å²) in [4.78, 5) is 13.5. The van der Waals surface area contributed by atoms with E-state index in [0.717, 1.165) is 18.7 Å². The molecule has 19 heavy (non-hydrogen) atoms. The van der Waals surface area contributed by atoms with Gasteiger partial charge in [-0.15, -0.1) is 0 Å². The molecule has 106 valence electrons. The van der Waals surface area contributed by atoms with Gasteiger partial charge in [-0.05, 0) is 46.1 Å². The summed E-state index contributed by atoms with van der Waals surface area (Å²) in [6.45, 7) is 3.81. The standard InChI is InChI=1S/C14H23N3O2/c1-12-5-7-13(8-6-12)19-11-16-14(18)15-9-4-10-17(2)3/h5-8H,4,9-11H2,1-3H3,(H2,15,16,18). The zero-order valence-electron chi connectivity index (χ0n) is 11.9. The van der Waals surface area contributed by atoms with E-state index in [1.165, 1.54) is 5.56 Å². The van der Waals surface area contributed by atoms with Crippen molar-refractivity contribution in [2.75, 3.05) is 33.9 Å². The molecule has 0 aliphatic rings. The van der Waals surface area contributed by atoms with Crippen LogP contribution in [0.5, 0.6) is 5.75 Å². The van der Waals surface area contributed by atoms with Gasteiger partial charge in [0.1, 0.15) is 5.75 Å². The van der Waals surface area contributed by atoms with Crippen molar-refractivity contribution in [3.05, 3.63) is 29.8 Å². The van der Waals surface area contributed by atoms with Crippen LogP contribution in [-0.4, -0.2) is 44.8 Å². The van der Waals surface area contributed by atoms with Crippen LogP contribution in [0.1, 0.15) is 12.0 Å². The summed E-state index contributed by atoms with van der Waals surface area (Å²) in [6, 6.07) is 7.50. The van der Waals surface area contributed by atoms with Crippen LogP contribution < -0.4 is 15.4 Å². The summed E-state index contributed by atoms with van der Waals surface area (Å²) >= 11 is 0. The molecule has 5 heteroatoms. The molecule has 0 unspecified atom stereocenters. The number of carbonyl (C=O) groups excluding carboxylic acids is 1. The quantitative estimate of drug-likeness (QED) is 0.581. The van der Waals surface area contributed by atoms with Gasteiger partial charge in [-0.1, -0.05) is 17.7 Å². The SMILES string of the molecule is Cc1ccc(OCNC(=O)NCCCN(C)C)cc1. The third-order valence-corrected chi connectivity index (χ3v) is 2.56. The van der Waals surface area contributed by atoms with Crippen LogP contribution >= 0.6 is 0 Å². The Bertz CT molecular complexity index is 377. The maximum atomic E-state index is 11.4. The predicted molar refractivity (Wildman–Crippen MR) is 76.4 cm³/mol. The first-order valence-electron chi connectivity index (χ1n) is 6.44. The van der Waals surface area contributed by atoms with E-state index >= 15 is 0 Å². The molecule has 0 atom stereocenters. The average molecular weight is 265 g/mol. The lowest BCUT2D eigenvalue weighted by Crippen LogP contribution is -2.38. The smallest absolute Gasteiger partial charge is 0.317 e. The Balaban J connectivity index is 2.08. The molecule has 0 bridgehead atoms. The van der Waals surface area contributed by atoms with Crippen molar-refractivity contribution in [3.63, 3.8) is 0 Å². The molecule has 1 aromatic carbocycles. The Morgan fingerprint density at radius 1 is 1.21 bits per heavy atom. The third kappa shape index (κ3) is 7.31. The van der Waals surface area contributed by atoms with Crippen molar-refractivity contribution in [1.82, 2.24) is 15.5 Å². The molecule has 0 spiro atoms. The van der Waals surface area contributed by atoms with Crippen molar-refractivity contribution in [1.29, 1.82) is 0 Å². The van der Waals surface area contributed by atoms with Gasteiger partial charge in [0.25, 0.3) is 0 Å². The van der Waals surface area contributed by atoms with E-state index in [0.29, 0.717) is 6.54 Å². The number of aryl methyl sites for hydroxylation is 1. The van der Waals surface area contributed by atoms with Crippen LogP contribution in [0.25, 0.3) is 0 Å². The van der Waals surface area contributed by atoms with Crippen molar-refractivity contribution in [3.8, 4) is 5.75 Å². The first-order valence-corrected chi connectivity index (χ1v) is 6.44. The lowest BCUT2D eigenvalue weighted by Gasteiger charge is -2.11. The van der Waals surface area contributed by atoms with Gasteiger partial charge in [0.15, 0.2) is 6.73 Å². The van der Waals surface area contributed by atoms with Gasteiger partial charge in [0.05, 0.1) is 0 Å². The fourth-order valence-corrected chi connectivity index (χ4v) is 1.48. The number of amides is 2. The minimum Gasteiger partial charge on any atom is -0.473 e. The summed E-state index contributed by atoms with van der Waals surface area (Å²) in [6.07, 6.45) is 0.930. The number of hydrogen-bond acceptors (Lipinski definition) is 3. The largest absolute Gasteiger partial charge is 0.473 e. The van der Waals surface area contributed by atoms with E-state index in [2.05, 4.69) is 15.5 Å². The van der Waals surface area contributed by atoms with Gasteiger partial charge in [-0.3, -0.25) is 0 Å². The van der Waals surface area contributed by atoms with E-state index < -0.39 is 0 Å². The maximum absolute atomic E-state index is 11.4. The molecule has 0 aliphatic carbocycles. The molecule has 0 saturated carbocycles. The number of hydrogen-bond donors (Lipinski definition) is 2. The number of benzene rings is 1. The highest BCUT2D eigenvalue weighted by atomic mass is 16.5. The van der Waals surface area contributed by atoms with E-state index in [4.69, 9.17) is 4.74 Å². The zero-order valence-corrected chi connectivity index (χ0v) is 11.9. The van der Waals surface area contributed by atoms with Crippen molar-refractivity contribution in [2.24, 2.45) is 0 Å². The van der Waals surface area contributed by atoms with Crippen LogP contribution in [0, 0.1) is 6.92 Å². The summed E-state index contributed by atoms with van der Waals surface area (Å²) < 4.78 is 5.40. The molecule has 0 radical (unpaired) electrons. The lowest BCUT2D eigenvalue weighted by atomic mass is 10.2. The summed E-state index contributed by atoms with van der Waals surface area (Å²) in [5, 5.41) is 5.42. The summed E-state index contributed by atoms with van der Waals surface area (Å²) in [5.41, 5.74) is 1.18. The van der Waals surface area contributed by atoms with Gasteiger partial charge in [-0.2, -0.15) is 0 Å². The second kappa shape index (κ2) is 8.37. The predicted octanol–water partition coefficient (Wildman–Crippen LogP) is 1.58. The molecule has 0 fully saturated rings. The molecule has 0 heterocycles. The molecule has 0 aromatic heterocycles. The molecular formula is C14H23N3O2.